The third kappa shape index (κ3) is 5.19. The zero-order valence-corrected chi connectivity index (χ0v) is 15.3. The van der Waals surface area contributed by atoms with E-state index >= 15 is 0 Å². The average Bonchev–Trinajstić information content (AvgIpc) is 2.84. The number of benzene rings is 1. The molecule has 0 spiro atoms. The summed E-state index contributed by atoms with van der Waals surface area (Å²) in [6, 6.07) is 5.36. The van der Waals surface area contributed by atoms with Crippen molar-refractivity contribution in [3.63, 3.8) is 0 Å². The van der Waals surface area contributed by atoms with Crippen LogP contribution in [0.4, 0.5) is 5.69 Å². The van der Waals surface area contributed by atoms with Gasteiger partial charge in [-0.25, -0.2) is 0 Å². The topological polar surface area (TPSA) is 68.9 Å². The summed E-state index contributed by atoms with van der Waals surface area (Å²) in [7, 11) is 1.58. The Labute approximate surface area is 147 Å². The number of halogens is 2. The van der Waals surface area contributed by atoms with Gasteiger partial charge in [0.25, 0.3) is 0 Å². The highest BCUT2D eigenvalue weighted by Gasteiger charge is 2.29. The molecule has 0 saturated carbocycles. The SMILES string of the molecule is COc1ccc(NC(N)=NCC2(C)CCCO2)cc1Cl.I. The first-order valence-corrected chi connectivity index (χ1v) is 6.95. The van der Waals surface area contributed by atoms with Gasteiger partial charge < -0.3 is 20.5 Å². The summed E-state index contributed by atoms with van der Waals surface area (Å²) in [5.41, 5.74) is 6.45. The molecule has 0 bridgehead atoms. The fourth-order valence-corrected chi connectivity index (χ4v) is 2.40. The zero-order chi connectivity index (χ0) is 14.6. The van der Waals surface area contributed by atoms with Crippen LogP contribution < -0.4 is 15.8 Å². The minimum absolute atomic E-state index is 0. The van der Waals surface area contributed by atoms with Crippen LogP contribution in [0.3, 0.4) is 0 Å². The largest absolute Gasteiger partial charge is 0.495 e. The van der Waals surface area contributed by atoms with Crippen LogP contribution >= 0.6 is 35.6 Å². The van der Waals surface area contributed by atoms with Gasteiger partial charge in [0.05, 0.1) is 24.3 Å². The van der Waals surface area contributed by atoms with Gasteiger partial charge in [-0.1, -0.05) is 11.6 Å². The van der Waals surface area contributed by atoms with Crippen LogP contribution in [-0.2, 0) is 4.74 Å². The van der Waals surface area contributed by atoms with Crippen molar-refractivity contribution in [3.05, 3.63) is 23.2 Å². The van der Waals surface area contributed by atoms with Crippen molar-refractivity contribution < 1.29 is 9.47 Å². The number of rotatable bonds is 4. The second kappa shape index (κ2) is 8.05. The third-order valence-electron chi connectivity index (χ3n) is 3.31. The van der Waals surface area contributed by atoms with Crippen molar-refractivity contribution in [1.82, 2.24) is 0 Å². The Morgan fingerprint density at radius 2 is 2.33 bits per heavy atom. The maximum absolute atomic E-state index is 6.05. The molecule has 0 aliphatic carbocycles. The van der Waals surface area contributed by atoms with Crippen LogP contribution in [0.1, 0.15) is 19.8 Å². The monoisotopic (exact) mass is 425 g/mol. The number of hydrogen-bond acceptors (Lipinski definition) is 3. The molecule has 0 amide bonds. The van der Waals surface area contributed by atoms with E-state index in [0.29, 0.717) is 23.3 Å². The van der Waals surface area contributed by atoms with Crippen molar-refractivity contribution in [1.29, 1.82) is 0 Å². The molecule has 1 heterocycles. The molecule has 1 fully saturated rings. The summed E-state index contributed by atoms with van der Waals surface area (Å²) >= 11 is 6.05. The van der Waals surface area contributed by atoms with E-state index in [4.69, 9.17) is 26.8 Å². The Morgan fingerprint density at radius 1 is 1.57 bits per heavy atom. The third-order valence-corrected chi connectivity index (χ3v) is 3.60. The second-order valence-electron chi connectivity index (χ2n) is 5.08. The Kier molecular flexibility index (Phi) is 7.02. The lowest BCUT2D eigenvalue weighted by Gasteiger charge is -2.20. The Hall–Kier alpha value is -0.730. The standard InChI is InChI=1S/C14H20ClN3O2.HI/c1-14(6-3-7-20-14)9-17-13(16)18-10-4-5-12(19-2)11(15)8-10;/h4-5,8H,3,6-7,9H2,1-2H3,(H3,16,17,18);1H. The number of nitrogens with two attached hydrogens (primary N) is 1. The summed E-state index contributed by atoms with van der Waals surface area (Å²) < 4.78 is 10.8. The predicted octanol–water partition coefficient (Wildman–Crippen LogP) is 3.26. The van der Waals surface area contributed by atoms with Gasteiger partial charge in [-0.15, -0.1) is 24.0 Å². The van der Waals surface area contributed by atoms with Gasteiger partial charge >= 0.3 is 0 Å². The molecular formula is C14H21ClIN3O2. The van der Waals surface area contributed by atoms with E-state index in [1.807, 2.05) is 6.07 Å². The zero-order valence-electron chi connectivity index (χ0n) is 12.2. The molecule has 3 N–H and O–H groups in total. The molecule has 0 aromatic heterocycles. The van der Waals surface area contributed by atoms with E-state index in [1.54, 1.807) is 19.2 Å². The fourth-order valence-electron chi connectivity index (χ4n) is 2.15. The lowest BCUT2D eigenvalue weighted by molar-refractivity contribution is 0.0284. The van der Waals surface area contributed by atoms with Gasteiger partial charge in [0.2, 0.25) is 0 Å². The molecule has 7 heteroatoms. The molecule has 118 valence electrons. The highest BCUT2D eigenvalue weighted by molar-refractivity contribution is 14.0. The van der Waals surface area contributed by atoms with Crippen LogP contribution in [0.25, 0.3) is 0 Å². The van der Waals surface area contributed by atoms with Crippen LogP contribution in [0.15, 0.2) is 23.2 Å². The van der Waals surface area contributed by atoms with Crippen LogP contribution in [0, 0.1) is 0 Å². The molecule has 5 nitrogen and oxygen atoms in total. The lowest BCUT2D eigenvalue weighted by Crippen LogP contribution is -2.30. The summed E-state index contributed by atoms with van der Waals surface area (Å²) in [4.78, 5) is 4.33. The molecule has 1 aliphatic heterocycles. The maximum atomic E-state index is 6.05. The number of nitrogens with one attached hydrogen (secondary N) is 1. The number of guanidine groups is 1. The number of anilines is 1. The van der Waals surface area contributed by atoms with Crippen LogP contribution in [0.2, 0.25) is 5.02 Å². The van der Waals surface area contributed by atoms with Gasteiger partial charge in [0.1, 0.15) is 5.75 Å². The first kappa shape index (κ1) is 18.3. The van der Waals surface area contributed by atoms with Gasteiger partial charge in [0, 0.05) is 12.3 Å². The summed E-state index contributed by atoms with van der Waals surface area (Å²) in [6.07, 6.45) is 2.09. The molecule has 0 radical (unpaired) electrons. The van der Waals surface area contributed by atoms with Crippen molar-refractivity contribution in [2.24, 2.45) is 10.7 Å². The maximum Gasteiger partial charge on any atom is 0.193 e. The Bertz CT molecular complexity index is 505. The van der Waals surface area contributed by atoms with Crippen molar-refractivity contribution in [2.45, 2.75) is 25.4 Å². The van der Waals surface area contributed by atoms with E-state index < -0.39 is 0 Å². The van der Waals surface area contributed by atoms with E-state index in [9.17, 15) is 0 Å². The fraction of sp³-hybridized carbons (Fsp3) is 0.500. The first-order valence-electron chi connectivity index (χ1n) is 6.57. The number of methoxy groups -OCH3 is 1. The number of hydrogen-bond donors (Lipinski definition) is 2. The van der Waals surface area contributed by atoms with Crippen molar-refractivity contribution in [3.8, 4) is 5.75 Å². The van der Waals surface area contributed by atoms with Gasteiger partial charge in [-0.05, 0) is 38.0 Å². The molecule has 1 unspecified atom stereocenters. The number of aliphatic imine (C=N–C) groups is 1. The molecule has 1 aromatic carbocycles. The molecule has 1 saturated heterocycles. The molecule has 1 aromatic rings. The van der Waals surface area contributed by atoms with Gasteiger partial charge in [0.15, 0.2) is 5.96 Å². The van der Waals surface area contributed by atoms with E-state index in [0.717, 1.165) is 25.1 Å². The number of ether oxygens (including phenoxy) is 2. The van der Waals surface area contributed by atoms with Gasteiger partial charge in [-0.2, -0.15) is 0 Å². The number of nitrogens with zero attached hydrogens (tertiary/aromatic N) is 1. The molecule has 2 rings (SSSR count). The van der Waals surface area contributed by atoms with Crippen LogP contribution in [-0.4, -0.2) is 31.8 Å². The molecule has 21 heavy (non-hydrogen) atoms. The second-order valence-corrected chi connectivity index (χ2v) is 5.48. The van der Waals surface area contributed by atoms with E-state index in [2.05, 4.69) is 17.2 Å². The van der Waals surface area contributed by atoms with E-state index in [1.165, 1.54) is 0 Å². The molecule has 1 aliphatic rings. The van der Waals surface area contributed by atoms with Crippen LogP contribution in [0.5, 0.6) is 5.75 Å². The Balaban J connectivity index is 0.00000220. The van der Waals surface area contributed by atoms with Gasteiger partial charge in [-0.3, -0.25) is 4.99 Å². The highest BCUT2D eigenvalue weighted by Crippen LogP contribution is 2.27. The van der Waals surface area contributed by atoms with E-state index in [-0.39, 0.29) is 29.6 Å². The predicted molar refractivity (Wildman–Crippen MR) is 97.1 cm³/mol. The van der Waals surface area contributed by atoms with Crippen molar-refractivity contribution >= 4 is 47.2 Å². The summed E-state index contributed by atoms with van der Waals surface area (Å²) in [5.74, 6) is 0.975. The lowest BCUT2D eigenvalue weighted by atomic mass is 10.0. The minimum atomic E-state index is -0.191. The highest BCUT2D eigenvalue weighted by atomic mass is 127. The quantitative estimate of drug-likeness (QED) is 0.441. The summed E-state index contributed by atoms with van der Waals surface area (Å²) in [6.45, 7) is 3.41. The first-order chi connectivity index (χ1) is 9.52. The molecular weight excluding hydrogens is 405 g/mol. The summed E-state index contributed by atoms with van der Waals surface area (Å²) in [5, 5.41) is 3.53. The smallest absolute Gasteiger partial charge is 0.193 e. The molecule has 1 atom stereocenters. The Morgan fingerprint density at radius 3 is 2.90 bits per heavy atom. The van der Waals surface area contributed by atoms with Crippen molar-refractivity contribution in [2.75, 3.05) is 25.6 Å². The normalized spacial score (nSPS) is 21.8. The average molecular weight is 426 g/mol. The minimum Gasteiger partial charge on any atom is -0.495 e.